The molecule has 30 heavy (non-hydrogen) atoms. The Morgan fingerprint density at radius 1 is 0.967 bits per heavy atom. The molecule has 0 spiro atoms. The molecule has 1 atom stereocenters. The smallest absolute Gasteiger partial charge is 0.251 e. The zero-order valence-corrected chi connectivity index (χ0v) is 18.2. The monoisotopic (exact) mass is 422 g/mol. The van der Waals surface area contributed by atoms with Gasteiger partial charge in [0.1, 0.15) is 5.25 Å². The second kappa shape index (κ2) is 9.22. The Kier molecular flexibility index (Phi) is 6.67. The van der Waals surface area contributed by atoms with Crippen LogP contribution in [0.15, 0.2) is 78.0 Å². The van der Waals surface area contributed by atoms with E-state index in [4.69, 9.17) is 0 Å². The van der Waals surface area contributed by atoms with Crippen LogP contribution < -0.4 is 5.32 Å². The van der Waals surface area contributed by atoms with Crippen LogP contribution in [0.3, 0.4) is 0 Å². The molecular weight excluding hydrogens is 396 g/mol. The molecule has 0 radical (unpaired) electrons. The third-order valence-corrected chi connectivity index (χ3v) is 7.26. The van der Waals surface area contributed by atoms with Gasteiger partial charge in [-0.3, -0.25) is 9.78 Å². The number of nitrogens with zero attached hydrogens (tertiary/aromatic N) is 1. The third kappa shape index (κ3) is 4.76. The van der Waals surface area contributed by atoms with Gasteiger partial charge in [0.05, 0.1) is 4.90 Å². The Labute approximate surface area is 178 Å². The van der Waals surface area contributed by atoms with Crippen molar-refractivity contribution in [2.45, 2.75) is 36.8 Å². The van der Waals surface area contributed by atoms with Crippen molar-refractivity contribution in [1.29, 1.82) is 0 Å². The van der Waals surface area contributed by atoms with E-state index in [9.17, 15) is 13.2 Å². The lowest BCUT2D eigenvalue weighted by Gasteiger charge is -2.19. The Balaban J connectivity index is 1.91. The molecule has 0 aliphatic heterocycles. The molecule has 0 aliphatic carbocycles. The molecule has 3 aromatic rings. The van der Waals surface area contributed by atoms with E-state index in [0.29, 0.717) is 17.0 Å². The lowest BCUT2D eigenvalue weighted by molar-refractivity contribution is 0.0953. The van der Waals surface area contributed by atoms with Gasteiger partial charge in [-0.05, 0) is 53.8 Å². The number of pyridine rings is 1. The van der Waals surface area contributed by atoms with Crippen LogP contribution in [0.25, 0.3) is 0 Å². The SMILES string of the molecule is Cc1ccccc1C(=O)NC[C@@H](c1cccnc1)S(=O)(=O)c1ccc(C(C)C)cc1. The number of benzene rings is 2. The van der Waals surface area contributed by atoms with Crippen LogP contribution in [0.2, 0.25) is 0 Å². The molecule has 156 valence electrons. The summed E-state index contributed by atoms with van der Waals surface area (Å²) in [6.07, 6.45) is 3.13. The van der Waals surface area contributed by atoms with E-state index in [-0.39, 0.29) is 17.3 Å². The minimum Gasteiger partial charge on any atom is -0.350 e. The van der Waals surface area contributed by atoms with E-state index in [1.807, 2.05) is 31.2 Å². The number of aromatic nitrogens is 1. The van der Waals surface area contributed by atoms with Gasteiger partial charge in [-0.25, -0.2) is 8.42 Å². The highest BCUT2D eigenvalue weighted by atomic mass is 32.2. The number of hydrogen-bond acceptors (Lipinski definition) is 4. The molecular formula is C24H26N2O3S. The molecule has 0 aliphatic rings. The van der Waals surface area contributed by atoms with Gasteiger partial charge in [-0.1, -0.05) is 50.2 Å². The molecule has 3 rings (SSSR count). The highest BCUT2D eigenvalue weighted by Crippen LogP contribution is 2.29. The summed E-state index contributed by atoms with van der Waals surface area (Å²) >= 11 is 0. The predicted octanol–water partition coefficient (Wildman–Crippen LogP) is 4.46. The molecule has 0 saturated heterocycles. The summed E-state index contributed by atoms with van der Waals surface area (Å²) in [5.41, 5.74) is 2.97. The van der Waals surface area contributed by atoms with E-state index in [1.54, 1.807) is 42.6 Å². The second-order valence-corrected chi connectivity index (χ2v) is 9.70. The minimum absolute atomic E-state index is 0.0485. The molecule has 6 heteroatoms. The van der Waals surface area contributed by atoms with Crippen LogP contribution >= 0.6 is 0 Å². The lowest BCUT2D eigenvalue weighted by Crippen LogP contribution is -2.32. The van der Waals surface area contributed by atoms with Gasteiger partial charge in [0.15, 0.2) is 9.84 Å². The normalized spacial score (nSPS) is 12.5. The summed E-state index contributed by atoms with van der Waals surface area (Å²) < 4.78 is 26.9. The van der Waals surface area contributed by atoms with E-state index >= 15 is 0 Å². The summed E-state index contributed by atoms with van der Waals surface area (Å²) in [5.74, 6) is 0.0108. The highest BCUT2D eigenvalue weighted by Gasteiger charge is 2.30. The molecule has 1 amide bonds. The average molecular weight is 423 g/mol. The number of carbonyl (C=O) groups excluding carboxylic acids is 1. The van der Waals surface area contributed by atoms with Crippen molar-refractivity contribution in [1.82, 2.24) is 10.3 Å². The minimum atomic E-state index is -3.74. The fourth-order valence-corrected chi connectivity index (χ4v) is 4.93. The third-order valence-electron chi connectivity index (χ3n) is 5.14. The van der Waals surface area contributed by atoms with E-state index in [0.717, 1.165) is 11.1 Å². The molecule has 2 aromatic carbocycles. The molecule has 0 saturated carbocycles. The Bertz CT molecular complexity index is 1110. The quantitative estimate of drug-likeness (QED) is 0.610. The maximum atomic E-state index is 13.5. The van der Waals surface area contributed by atoms with Crippen molar-refractivity contribution in [3.8, 4) is 0 Å². The van der Waals surface area contributed by atoms with Gasteiger partial charge in [0, 0.05) is 24.5 Å². The van der Waals surface area contributed by atoms with Gasteiger partial charge in [-0.2, -0.15) is 0 Å². The number of aryl methyl sites for hydroxylation is 1. The molecule has 1 heterocycles. The van der Waals surface area contributed by atoms with Crippen LogP contribution in [0.1, 0.15) is 52.1 Å². The number of carbonyl (C=O) groups is 1. The highest BCUT2D eigenvalue weighted by molar-refractivity contribution is 7.91. The van der Waals surface area contributed by atoms with Crippen LogP contribution in [0.5, 0.6) is 0 Å². The topological polar surface area (TPSA) is 76.1 Å². The summed E-state index contributed by atoms with van der Waals surface area (Å²) in [6, 6.07) is 17.6. The van der Waals surface area contributed by atoms with Gasteiger partial charge >= 0.3 is 0 Å². The zero-order valence-electron chi connectivity index (χ0n) is 17.4. The van der Waals surface area contributed by atoms with E-state index < -0.39 is 15.1 Å². The molecule has 5 nitrogen and oxygen atoms in total. The first kappa shape index (κ1) is 21.7. The average Bonchev–Trinajstić information content (AvgIpc) is 2.74. The van der Waals surface area contributed by atoms with Crippen molar-refractivity contribution < 1.29 is 13.2 Å². The van der Waals surface area contributed by atoms with Crippen LogP contribution in [-0.2, 0) is 9.84 Å². The summed E-state index contributed by atoms with van der Waals surface area (Å²) in [7, 11) is -3.74. The van der Waals surface area contributed by atoms with Crippen molar-refractivity contribution in [3.05, 3.63) is 95.3 Å². The zero-order chi connectivity index (χ0) is 21.7. The van der Waals surface area contributed by atoms with Crippen molar-refractivity contribution in [2.24, 2.45) is 0 Å². The molecule has 0 unspecified atom stereocenters. The molecule has 1 aromatic heterocycles. The first-order valence-electron chi connectivity index (χ1n) is 9.88. The Morgan fingerprint density at radius 2 is 1.67 bits per heavy atom. The number of nitrogens with one attached hydrogen (secondary N) is 1. The number of amides is 1. The molecule has 1 N–H and O–H groups in total. The van der Waals surface area contributed by atoms with Crippen molar-refractivity contribution in [3.63, 3.8) is 0 Å². The number of sulfone groups is 1. The van der Waals surface area contributed by atoms with Gasteiger partial charge in [0.25, 0.3) is 5.91 Å². The van der Waals surface area contributed by atoms with E-state index in [2.05, 4.69) is 24.1 Å². The number of rotatable bonds is 7. The lowest BCUT2D eigenvalue weighted by atomic mass is 10.0. The predicted molar refractivity (Wildman–Crippen MR) is 118 cm³/mol. The summed E-state index contributed by atoms with van der Waals surface area (Å²) in [6.45, 7) is 5.92. The number of hydrogen-bond donors (Lipinski definition) is 1. The van der Waals surface area contributed by atoms with Crippen molar-refractivity contribution in [2.75, 3.05) is 6.54 Å². The fraction of sp³-hybridized carbons (Fsp3) is 0.250. The standard InChI is InChI=1S/C24H26N2O3S/c1-17(2)19-10-12-21(13-11-19)30(28,29)23(20-8-6-14-25-15-20)16-26-24(27)22-9-5-4-7-18(22)3/h4-15,17,23H,16H2,1-3H3,(H,26,27)/t23-/m0/s1. The maximum Gasteiger partial charge on any atom is 0.251 e. The molecule has 0 bridgehead atoms. The molecule has 0 fully saturated rings. The first-order chi connectivity index (χ1) is 14.3. The Hall–Kier alpha value is -2.99. The van der Waals surface area contributed by atoms with E-state index in [1.165, 1.54) is 6.20 Å². The van der Waals surface area contributed by atoms with Crippen LogP contribution in [0, 0.1) is 6.92 Å². The Morgan fingerprint density at radius 3 is 2.27 bits per heavy atom. The second-order valence-electron chi connectivity index (χ2n) is 7.57. The fourth-order valence-electron chi connectivity index (χ4n) is 3.29. The van der Waals surface area contributed by atoms with Crippen molar-refractivity contribution >= 4 is 15.7 Å². The van der Waals surface area contributed by atoms with Gasteiger partial charge < -0.3 is 5.32 Å². The van der Waals surface area contributed by atoms with Gasteiger partial charge in [0.2, 0.25) is 0 Å². The largest absolute Gasteiger partial charge is 0.350 e. The first-order valence-corrected chi connectivity index (χ1v) is 11.4. The van der Waals surface area contributed by atoms with Gasteiger partial charge in [-0.15, -0.1) is 0 Å². The van der Waals surface area contributed by atoms with Crippen LogP contribution in [0.4, 0.5) is 0 Å². The summed E-state index contributed by atoms with van der Waals surface area (Å²) in [4.78, 5) is 17.0. The van der Waals surface area contributed by atoms with Crippen LogP contribution in [-0.4, -0.2) is 25.9 Å². The summed E-state index contributed by atoms with van der Waals surface area (Å²) in [5, 5.41) is 1.86. The maximum absolute atomic E-state index is 13.5.